The van der Waals surface area contributed by atoms with Crippen molar-refractivity contribution in [3.8, 4) is 0 Å². The molecule has 0 aromatic carbocycles. The average Bonchev–Trinajstić information content (AvgIpc) is 2.18. The SMILES string of the molecule is CC(=O)N1CCC(CC(O)C(=O)O)CC1. The highest BCUT2D eigenvalue weighted by molar-refractivity contribution is 5.73. The van der Waals surface area contributed by atoms with E-state index in [9.17, 15) is 14.7 Å². The van der Waals surface area contributed by atoms with Gasteiger partial charge < -0.3 is 15.1 Å². The number of carbonyl (C=O) groups excluding carboxylic acids is 1. The summed E-state index contributed by atoms with van der Waals surface area (Å²) in [4.78, 5) is 23.2. The third-order valence-electron chi connectivity index (χ3n) is 2.90. The molecule has 1 saturated heterocycles. The molecule has 0 aliphatic carbocycles. The molecule has 1 fully saturated rings. The number of carboxylic acid groups (broad SMARTS) is 1. The molecule has 15 heavy (non-hydrogen) atoms. The van der Waals surface area contributed by atoms with Crippen LogP contribution in [0.25, 0.3) is 0 Å². The van der Waals surface area contributed by atoms with Gasteiger partial charge in [-0.25, -0.2) is 4.79 Å². The Morgan fingerprint density at radius 2 is 1.93 bits per heavy atom. The van der Waals surface area contributed by atoms with E-state index in [1.807, 2.05) is 0 Å². The Balaban J connectivity index is 2.31. The number of aliphatic carboxylic acids is 1. The van der Waals surface area contributed by atoms with E-state index in [-0.39, 0.29) is 11.8 Å². The van der Waals surface area contributed by atoms with Crippen LogP contribution in [0.5, 0.6) is 0 Å². The van der Waals surface area contributed by atoms with Crippen molar-refractivity contribution >= 4 is 11.9 Å². The molecule has 1 amide bonds. The summed E-state index contributed by atoms with van der Waals surface area (Å²) in [5, 5.41) is 17.7. The Morgan fingerprint density at radius 3 is 2.33 bits per heavy atom. The molecule has 5 nitrogen and oxygen atoms in total. The first-order valence-electron chi connectivity index (χ1n) is 5.17. The normalized spacial score (nSPS) is 20.0. The van der Waals surface area contributed by atoms with Crippen LogP contribution in [-0.4, -0.2) is 46.2 Å². The summed E-state index contributed by atoms with van der Waals surface area (Å²) in [6, 6.07) is 0. The maximum atomic E-state index is 11.0. The van der Waals surface area contributed by atoms with Crippen molar-refractivity contribution in [1.82, 2.24) is 4.90 Å². The van der Waals surface area contributed by atoms with Crippen molar-refractivity contribution in [1.29, 1.82) is 0 Å². The van der Waals surface area contributed by atoms with E-state index in [4.69, 9.17) is 5.11 Å². The second-order valence-electron chi connectivity index (χ2n) is 4.04. The minimum absolute atomic E-state index is 0.0623. The van der Waals surface area contributed by atoms with Gasteiger partial charge in [-0.15, -0.1) is 0 Å². The number of nitrogens with zero attached hydrogens (tertiary/aromatic N) is 1. The zero-order chi connectivity index (χ0) is 11.4. The molecule has 1 atom stereocenters. The molecule has 1 aliphatic heterocycles. The van der Waals surface area contributed by atoms with Gasteiger partial charge in [0, 0.05) is 20.0 Å². The molecule has 1 rings (SSSR count). The molecule has 5 heteroatoms. The van der Waals surface area contributed by atoms with Gasteiger partial charge in [-0.05, 0) is 25.2 Å². The Kier molecular flexibility index (Phi) is 4.08. The van der Waals surface area contributed by atoms with Crippen LogP contribution in [0.15, 0.2) is 0 Å². The van der Waals surface area contributed by atoms with Gasteiger partial charge in [0.2, 0.25) is 5.91 Å². The van der Waals surface area contributed by atoms with Crippen molar-refractivity contribution in [3.63, 3.8) is 0 Å². The quantitative estimate of drug-likeness (QED) is 0.699. The van der Waals surface area contributed by atoms with Gasteiger partial charge in [-0.3, -0.25) is 4.79 Å². The number of aliphatic hydroxyl groups excluding tert-OH is 1. The first kappa shape index (κ1) is 12.0. The summed E-state index contributed by atoms with van der Waals surface area (Å²) in [7, 11) is 0. The summed E-state index contributed by atoms with van der Waals surface area (Å²) >= 11 is 0. The lowest BCUT2D eigenvalue weighted by Crippen LogP contribution is -2.38. The molecule has 2 N–H and O–H groups in total. The molecule has 0 aromatic rings. The third-order valence-corrected chi connectivity index (χ3v) is 2.90. The minimum atomic E-state index is -1.26. The zero-order valence-corrected chi connectivity index (χ0v) is 8.85. The first-order valence-corrected chi connectivity index (χ1v) is 5.17. The molecule has 1 aliphatic rings. The van der Waals surface area contributed by atoms with Crippen molar-refractivity contribution in [2.45, 2.75) is 32.3 Å². The van der Waals surface area contributed by atoms with Gasteiger partial charge in [-0.2, -0.15) is 0 Å². The van der Waals surface area contributed by atoms with Gasteiger partial charge in [0.1, 0.15) is 0 Å². The molecule has 0 spiro atoms. The second-order valence-corrected chi connectivity index (χ2v) is 4.04. The molecular weight excluding hydrogens is 198 g/mol. The van der Waals surface area contributed by atoms with Gasteiger partial charge in [0.25, 0.3) is 0 Å². The molecule has 0 aromatic heterocycles. The van der Waals surface area contributed by atoms with E-state index in [2.05, 4.69) is 0 Å². The van der Waals surface area contributed by atoms with Gasteiger partial charge in [-0.1, -0.05) is 0 Å². The lowest BCUT2D eigenvalue weighted by atomic mass is 9.91. The van der Waals surface area contributed by atoms with Crippen molar-refractivity contribution < 1.29 is 19.8 Å². The molecule has 1 unspecified atom stereocenters. The van der Waals surface area contributed by atoms with E-state index in [0.29, 0.717) is 19.5 Å². The largest absolute Gasteiger partial charge is 0.479 e. The highest BCUT2D eigenvalue weighted by Gasteiger charge is 2.25. The molecule has 86 valence electrons. The molecule has 1 heterocycles. The van der Waals surface area contributed by atoms with E-state index in [1.165, 1.54) is 6.92 Å². The predicted octanol–water partition coefficient (Wildman–Crippen LogP) is 0.0805. The summed E-state index contributed by atoms with van der Waals surface area (Å²) in [6.45, 7) is 2.88. The van der Waals surface area contributed by atoms with Crippen LogP contribution in [0.2, 0.25) is 0 Å². The predicted molar refractivity (Wildman–Crippen MR) is 53.2 cm³/mol. The fourth-order valence-corrected chi connectivity index (χ4v) is 1.90. The number of rotatable bonds is 3. The van der Waals surface area contributed by atoms with E-state index >= 15 is 0 Å². The van der Waals surface area contributed by atoms with Crippen LogP contribution in [0.4, 0.5) is 0 Å². The molecular formula is C10H17NO4. The average molecular weight is 215 g/mol. The van der Waals surface area contributed by atoms with Crippen molar-refractivity contribution in [2.75, 3.05) is 13.1 Å². The van der Waals surface area contributed by atoms with Gasteiger partial charge >= 0.3 is 5.97 Å². The molecule has 0 bridgehead atoms. The zero-order valence-electron chi connectivity index (χ0n) is 8.85. The number of hydrogen-bond donors (Lipinski definition) is 2. The van der Waals surface area contributed by atoms with E-state index in [0.717, 1.165) is 12.8 Å². The van der Waals surface area contributed by atoms with Gasteiger partial charge in [0.05, 0.1) is 0 Å². The maximum absolute atomic E-state index is 11.0. The van der Waals surface area contributed by atoms with Crippen LogP contribution < -0.4 is 0 Å². The first-order chi connectivity index (χ1) is 7.00. The number of likely N-dealkylation sites (tertiary alicyclic amines) is 1. The van der Waals surface area contributed by atoms with E-state index < -0.39 is 12.1 Å². The van der Waals surface area contributed by atoms with Crippen LogP contribution >= 0.6 is 0 Å². The number of carbonyl (C=O) groups is 2. The molecule has 0 saturated carbocycles. The van der Waals surface area contributed by atoms with Crippen LogP contribution in [0.3, 0.4) is 0 Å². The van der Waals surface area contributed by atoms with Crippen LogP contribution in [-0.2, 0) is 9.59 Å². The van der Waals surface area contributed by atoms with Crippen LogP contribution in [0, 0.1) is 5.92 Å². The number of piperidine rings is 1. The number of carboxylic acids is 1. The standard InChI is InChI=1S/C10H17NO4/c1-7(12)11-4-2-8(3-5-11)6-9(13)10(14)15/h8-9,13H,2-6H2,1H3,(H,14,15). The summed E-state index contributed by atoms with van der Waals surface area (Å²) in [5.74, 6) is -0.886. The minimum Gasteiger partial charge on any atom is -0.479 e. The Labute approximate surface area is 88.7 Å². The Morgan fingerprint density at radius 1 is 1.40 bits per heavy atom. The lowest BCUT2D eigenvalue weighted by Gasteiger charge is -2.31. The highest BCUT2D eigenvalue weighted by Crippen LogP contribution is 2.21. The fourth-order valence-electron chi connectivity index (χ4n) is 1.90. The summed E-state index contributed by atoms with van der Waals surface area (Å²) in [6.07, 6.45) is 0.591. The molecule has 0 radical (unpaired) electrons. The van der Waals surface area contributed by atoms with Crippen LogP contribution in [0.1, 0.15) is 26.2 Å². The van der Waals surface area contributed by atoms with Gasteiger partial charge in [0.15, 0.2) is 6.10 Å². The van der Waals surface area contributed by atoms with E-state index in [1.54, 1.807) is 4.90 Å². The second kappa shape index (κ2) is 5.11. The van der Waals surface area contributed by atoms with Crippen molar-refractivity contribution in [3.05, 3.63) is 0 Å². The lowest BCUT2D eigenvalue weighted by molar-refractivity contribution is -0.148. The highest BCUT2D eigenvalue weighted by atomic mass is 16.4. The third kappa shape index (κ3) is 3.51. The van der Waals surface area contributed by atoms with Crippen molar-refractivity contribution in [2.24, 2.45) is 5.92 Å². The number of hydrogen-bond acceptors (Lipinski definition) is 3. The summed E-state index contributed by atoms with van der Waals surface area (Å²) < 4.78 is 0. The fraction of sp³-hybridized carbons (Fsp3) is 0.800. The number of aliphatic hydroxyl groups is 1. The Hall–Kier alpha value is -1.10. The number of amides is 1. The Bertz CT molecular complexity index is 246. The topological polar surface area (TPSA) is 77.8 Å². The monoisotopic (exact) mass is 215 g/mol. The summed E-state index contributed by atoms with van der Waals surface area (Å²) in [5.41, 5.74) is 0. The smallest absolute Gasteiger partial charge is 0.332 e. The maximum Gasteiger partial charge on any atom is 0.332 e.